The third-order valence-corrected chi connectivity index (χ3v) is 6.25. The Hall–Kier alpha value is -1.34. The maximum atomic E-state index is 12.7. The number of hydrogen-bond donors (Lipinski definition) is 1. The summed E-state index contributed by atoms with van der Waals surface area (Å²) < 4.78 is 4.79. The van der Waals surface area contributed by atoms with E-state index >= 15 is 0 Å². The fraction of sp³-hybridized carbons (Fsp3) is 0.619. The Bertz CT molecular complexity index is 736. The molecular formula is C21H29Cl2N3O3. The lowest BCUT2D eigenvalue weighted by Crippen LogP contribution is -2.50. The minimum atomic E-state index is -0.594. The number of amides is 1. The zero-order valence-electron chi connectivity index (χ0n) is 16.9. The number of benzene rings is 1. The molecule has 0 spiro atoms. The van der Waals surface area contributed by atoms with Crippen molar-refractivity contribution in [3.8, 4) is 0 Å². The van der Waals surface area contributed by atoms with E-state index in [0.717, 1.165) is 32.6 Å². The van der Waals surface area contributed by atoms with Gasteiger partial charge in [-0.05, 0) is 57.5 Å². The lowest BCUT2D eigenvalue weighted by Gasteiger charge is -2.38. The van der Waals surface area contributed by atoms with Crippen LogP contribution in [0.3, 0.4) is 0 Å². The molecule has 2 heterocycles. The highest BCUT2D eigenvalue weighted by atomic mass is 35.5. The summed E-state index contributed by atoms with van der Waals surface area (Å²) in [6.45, 7) is 4.38. The van der Waals surface area contributed by atoms with Crippen molar-refractivity contribution in [1.29, 1.82) is 0 Å². The number of nitrogens with one attached hydrogen (secondary N) is 1. The fourth-order valence-corrected chi connectivity index (χ4v) is 4.83. The summed E-state index contributed by atoms with van der Waals surface area (Å²) in [4.78, 5) is 29.5. The first-order chi connectivity index (χ1) is 14.0. The van der Waals surface area contributed by atoms with Crippen LogP contribution >= 0.6 is 23.2 Å². The lowest BCUT2D eigenvalue weighted by atomic mass is 10.0. The van der Waals surface area contributed by atoms with Crippen molar-refractivity contribution in [2.24, 2.45) is 0 Å². The van der Waals surface area contributed by atoms with Gasteiger partial charge >= 0.3 is 5.97 Å². The molecule has 0 aliphatic carbocycles. The van der Waals surface area contributed by atoms with Crippen LogP contribution in [0.5, 0.6) is 0 Å². The molecule has 1 N–H and O–H groups in total. The van der Waals surface area contributed by atoms with Gasteiger partial charge < -0.3 is 10.1 Å². The molecule has 1 atom stereocenters. The van der Waals surface area contributed by atoms with Crippen LogP contribution in [0.1, 0.15) is 48.9 Å². The predicted octanol–water partition coefficient (Wildman–Crippen LogP) is 4.06. The van der Waals surface area contributed by atoms with Crippen LogP contribution in [0.25, 0.3) is 0 Å². The van der Waals surface area contributed by atoms with Crippen molar-refractivity contribution in [3.05, 3.63) is 27.7 Å². The number of esters is 1. The molecule has 2 aliphatic heterocycles. The molecule has 2 aliphatic rings. The Morgan fingerprint density at radius 2 is 1.83 bits per heavy atom. The Kier molecular flexibility index (Phi) is 8.18. The maximum absolute atomic E-state index is 12.7. The Labute approximate surface area is 182 Å². The van der Waals surface area contributed by atoms with Crippen LogP contribution in [0.15, 0.2) is 12.1 Å². The highest BCUT2D eigenvalue weighted by molar-refractivity contribution is 6.37. The number of carbonyl (C=O) groups excluding carboxylic acids is 2. The molecule has 0 aromatic heterocycles. The number of hydrogen-bond acceptors (Lipinski definition) is 5. The molecule has 2 saturated heterocycles. The van der Waals surface area contributed by atoms with Gasteiger partial charge in [-0.25, -0.2) is 4.79 Å². The van der Waals surface area contributed by atoms with Crippen molar-refractivity contribution < 1.29 is 14.3 Å². The zero-order valence-corrected chi connectivity index (χ0v) is 18.4. The first-order valence-electron chi connectivity index (χ1n) is 10.3. The molecule has 3 rings (SSSR count). The van der Waals surface area contributed by atoms with Gasteiger partial charge in [0.1, 0.15) is 0 Å². The molecule has 1 amide bonds. The largest absolute Gasteiger partial charge is 0.465 e. The Morgan fingerprint density at radius 1 is 1.10 bits per heavy atom. The summed E-state index contributed by atoms with van der Waals surface area (Å²) in [5.41, 5.74) is 0.397. The fourth-order valence-electron chi connectivity index (χ4n) is 4.29. The summed E-state index contributed by atoms with van der Waals surface area (Å²) in [5, 5.41) is 3.31. The van der Waals surface area contributed by atoms with Crippen molar-refractivity contribution in [2.75, 3.05) is 45.2 Å². The molecule has 6 nitrogen and oxygen atoms in total. The van der Waals surface area contributed by atoms with E-state index in [1.165, 1.54) is 51.3 Å². The van der Waals surface area contributed by atoms with E-state index in [1.807, 2.05) is 0 Å². The van der Waals surface area contributed by atoms with Gasteiger partial charge in [-0.1, -0.05) is 36.0 Å². The second-order valence-electron chi connectivity index (χ2n) is 7.83. The normalized spacial score (nSPS) is 21.4. The Balaban J connectivity index is 1.62. The van der Waals surface area contributed by atoms with Gasteiger partial charge in [0.15, 0.2) is 0 Å². The van der Waals surface area contributed by atoms with E-state index in [2.05, 4.69) is 15.1 Å². The van der Waals surface area contributed by atoms with Crippen molar-refractivity contribution in [2.45, 2.75) is 44.6 Å². The van der Waals surface area contributed by atoms with Gasteiger partial charge in [0, 0.05) is 17.6 Å². The molecule has 0 radical (unpaired) electrons. The lowest BCUT2D eigenvalue weighted by molar-refractivity contribution is -0.117. The van der Waals surface area contributed by atoms with Crippen LogP contribution in [-0.4, -0.2) is 67.6 Å². The summed E-state index contributed by atoms with van der Waals surface area (Å²) in [6.07, 6.45) is 7.45. The van der Waals surface area contributed by atoms with E-state index in [4.69, 9.17) is 27.9 Å². The number of likely N-dealkylation sites (tertiary alicyclic amines) is 2. The smallest absolute Gasteiger partial charge is 0.340 e. The van der Waals surface area contributed by atoms with Crippen LogP contribution in [-0.2, 0) is 9.53 Å². The summed E-state index contributed by atoms with van der Waals surface area (Å²) >= 11 is 12.2. The molecule has 160 valence electrons. The molecule has 0 saturated carbocycles. The van der Waals surface area contributed by atoms with Crippen LogP contribution in [0, 0.1) is 0 Å². The number of anilines is 1. The first-order valence-corrected chi connectivity index (χ1v) is 11.1. The number of piperidine rings is 1. The van der Waals surface area contributed by atoms with E-state index in [-0.39, 0.29) is 28.7 Å². The molecule has 1 aromatic carbocycles. The molecule has 29 heavy (non-hydrogen) atoms. The van der Waals surface area contributed by atoms with Crippen LogP contribution in [0.4, 0.5) is 5.69 Å². The zero-order chi connectivity index (χ0) is 20.8. The van der Waals surface area contributed by atoms with Crippen molar-refractivity contribution >= 4 is 40.8 Å². The number of nitrogens with zero attached hydrogens (tertiary/aromatic N) is 2. The molecule has 0 bridgehead atoms. The Morgan fingerprint density at radius 3 is 2.52 bits per heavy atom. The van der Waals surface area contributed by atoms with Crippen LogP contribution in [0.2, 0.25) is 10.0 Å². The second-order valence-corrected chi connectivity index (χ2v) is 8.67. The average Bonchev–Trinajstić information content (AvgIpc) is 2.99. The van der Waals surface area contributed by atoms with E-state index in [1.54, 1.807) is 0 Å². The van der Waals surface area contributed by atoms with E-state index in [9.17, 15) is 9.59 Å². The van der Waals surface area contributed by atoms with E-state index < -0.39 is 5.97 Å². The van der Waals surface area contributed by atoms with Gasteiger partial charge in [0.25, 0.3) is 0 Å². The van der Waals surface area contributed by atoms with Gasteiger partial charge in [-0.2, -0.15) is 0 Å². The van der Waals surface area contributed by atoms with Gasteiger partial charge in [0.05, 0.1) is 29.9 Å². The predicted molar refractivity (Wildman–Crippen MR) is 116 cm³/mol. The number of halogens is 2. The number of methoxy groups -OCH3 is 1. The number of ether oxygens (including phenoxy) is 1. The third-order valence-electron chi connectivity index (χ3n) is 5.73. The van der Waals surface area contributed by atoms with E-state index in [0.29, 0.717) is 11.1 Å². The highest BCUT2D eigenvalue weighted by Crippen LogP contribution is 2.31. The average molecular weight is 442 g/mol. The topological polar surface area (TPSA) is 61.9 Å². The number of carbonyl (C=O) groups is 2. The molecule has 8 heteroatoms. The first kappa shape index (κ1) is 22.3. The summed E-state index contributed by atoms with van der Waals surface area (Å²) in [7, 11) is 1.28. The van der Waals surface area contributed by atoms with Gasteiger partial charge in [-0.15, -0.1) is 0 Å². The second kappa shape index (κ2) is 10.6. The molecular weight excluding hydrogens is 413 g/mol. The van der Waals surface area contributed by atoms with Crippen molar-refractivity contribution in [1.82, 2.24) is 9.80 Å². The van der Waals surface area contributed by atoms with Gasteiger partial charge in [0.2, 0.25) is 5.91 Å². The third kappa shape index (κ3) is 6.07. The maximum Gasteiger partial charge on any atom is 0.340 e. The summed E-state index contributed by atoms with van der Waals surface area (Å²) in [6, 6.07) is 3.46. The quantitative estimate of drug-likeness (QED) is 0.697. The molecule has 1 aromatic rings. The summed E-state index contributed by atoms with van der Waals surface area (Å²) in [5.74, 6) is -0.792. The van der Waals surface area contributed by atoms with Crippen LogP contribution < -0.4 is 5.32 Å². The number of rotatable bonds is 5. The highest BCUT2D eigenvalue weighted by Gasteiger charge is 2.27. The standard InChI is InChI=1S/C21H29Cl2N3O3/c1-29-21(28)17-11-15(22)12-18(23)20(17)24-19(27)14-25-8-6-7-16(13-25)26-9-4-2-3-5-10-26/h11-12,16H,2-10,13-14H2,1H3,(H,24,27). The monoisotopic (exact) mass is 441 g/mol. The minimum Gasteiger partial charge on any atom is -0.465 e. The molecule has 2 fully saturated rings. The molecule has 1 unspecified atom stereocenters. The van der Waals surface area contributed by atoms with Gasteiger partial charge in [-0.3, -0.25) is 14.6 Å². The minimum absolute atomic E-state index is 0.152. The SMILES string of the molecule is COC(=O)c1cc(Cl)cc(Cl)c1NC(=O)CN1CCCC(N2CCCCCC2)C1. The van der Waals surface area contributed by atoms with Crippen molar-refractivity contribution in [3.63, 3.8) is 0 Å².